The van der Waals surface area contributed by atoms with E-state index < -0.39 is 0 Å². The van der Waals surface area contributed by atoms with Crippen LogP contribution >= 0.6 is 0 Å². The second-order valence-electron chi connectivity index (χ2n) is 5.43. The summed E-state index contributed by atoms with van der Waals surface area (Å²) in [5.41, 5.74) is 1.19. The van der Waals surface area contributed by atoms with Gasteiger partial charge >= 0.3 is 0 Å². The Morgan fingerprint density at radius 3 is 2.41 bits per heavy atom. The van der Waals surface area contributed by atoms with E-state index in [4.69, 9.17) is 4.42 Å². The highest BCUT2D eigenvalue weighted by Crippen LogP contribution is 2.20. The second kappa shape index (κ2) is 6.62. The summed E-state index contributed by atoms with van der Waals surface area (Å²) >= 11 is 0. The lowest BCUT2D eigenvalue weighted by Gasteiger charge is -2.36. The largest absolute Gasteiger partial charge is 0.469 e. The molecule has 0 bridgehead atoms. The van der Waals surface area contributed by atoms with Crippen LogP contribution in [0.15, 0.2) is 47.1 Å². The van der Waals surface area contributed by atoms with Gasteiger partial charge in [-0.05, 0) is 24.3 Å². The molecule has 116 valence electrons. The minimum absolute atomic E-state index is 0.140. The number of piperazine rings is 1. The van der Waals surface area contributed by atoms with Crippen molar-refractivity contribution in [2.24, 2.45) is 0 Å². The van der Waals surface area contributed by atoms with Gasteiger partial charge in [0.05, 0.1) is 11.2 Å². The highest BCUT2D eigenvalue weighted by molar-refractivity contribution is 5.51. The van der Waals surface area contributed by atoms with Gasteiger partial charge < -0.3 is 9.32 Å². The van der Waals surface area contributed by atoms with Crippen molar-refractivity contribution in [1.82, 2.24) is 4.90 Å². The summed E-state index contributed by atoms with van der Waals surface area (Å²) in [5, 5.41) is 10.7. The highest BCUT2D eigenvalue weighted by atomic mass is 16.6. The predicted octanol–water partition coefficient (Wildman–Crippen LogP) is 2.55. The zero-order valence-corrected chi connectivity index (χ0v) is 12.4. The zero-order chi connectivity index (χ0) is 15.4. The molecule has 0 spiro atoms. The molecular weight excluding hydrogens is 282 g/mol. The van der Waals surface area contributed by atoms with Crippen LogP contribution in [0.2, 0.25) is 0 Å². The molecule has 0 amide bonds. The van der Waals surface area contributed by atoms with E-state index in [1.54, 1.807) is 18.4 Å². The first kappa shape index (κ1) is 14.6. The first-order chi connectivity index (χ1) is 10.7. The van der Waals surface area contributed by atoms with Gasteiger partial charge in [-0.1, -0.05) is 0 Å². The van der Waals surface area contributed by atoms with Crippen molar-refractivity contribution in [3.05, 3.63) is 58.5 Å². The van der Waals surface area contributed by atoms with Crippen molar-refractivity contribution in [2.45, 2.75) is 6.42 Å². The van der Waals surface area contributed by atoms with Gasteiger partial charge in [-0.3, -0.25) is 15.0 Å². The van der Waals surface area contributed by atoms with Crippen molar-refractivity contribution >= 4 is 11.4 Å². The van der Waals surface area contributed by atoms with E-state index in [-0.39, 0.29) is 10.6 Å². The molecule has 2 heterocycles. The van der Waals surface area contributed by atoms with Crippen molar-refractivity contribution in [3.8, 4) is 0 Å². The molecule has 2 aromatic rings. The maximum atomic E-state index is 10.7. The molecule has 6 nitrogen and oxygen atoms in total. The van der Waals surface area contributed by atoms with E-state index in [9.17, 15) is 10.1 Å². The minimum Gasteiger partial charge on any atom is -0.469 e. The van der Waals surface area contributed by atoms with Crippen LogP contribution in [-0.4, -0.2) is 42.5 Å². The van der Waals surface area contributed by atoms with Gasteiger partial charge in [-0.2, -0.15) is 0 Å². The number of anilines is 1. The van der Waals surface area contributed by atoms with Gasteiger partial charge in [0.2, 0.25) is 0 Å². The summed E-state index contributed by atoms with van der Waals surface area (Å²) in [6.45, 7) is 4.88. The molecule has 22 heavy (non-hydrogen) atoms. The van der Waals surface area contributed by atoms with Crippen LogP contribution in [0.1, 0.15) is 5.76 Å². The van der Waals surface area contributed by atoms with Crippen molar-refractivity contribution < 1.29 is 9.34 Å². The van der Waals surface area contributed by atoms with Gasteiger partial charge in [-0.15, -0.1) is 0 Å². The number of nitro benzene ring substituents is 1. The predicted molar refractivity (Wildman–Crippen MR) is 84.2 cm³/mol. The number of rotatable bonds is 5. The Balaban J connectivity index is 1.49. The zero-order valence-electron chi connectivity index (χ0n) is 12.4. The molecule has 0 saturated carbocycles. The third-order valence-corrected chi connectivity index (χ3v) is 4.05. The average molecular weight is 301 g/mol. The fraction of sp³-hybridized carbons (Fsp3) is 0.375. The summed E-state index contributed by atoms with van der Waals surface area (Å²) in [6, 6.07) is 10.7. The Morgan fingerprint density at radius 1 is 1.09 bits per heavy atom. The number of nitrogens with zero attached hydrogens (tertiary/aromatic N) is 3. The van der Waals surface area contributed by atoms with E-state index in [0.717, 1.165) is 50.6 Å². The standard InChI is InChI=1S/C16H19N3O3/c20-19(21)15-5-3-14(4-6-15)18-11-9-17(10-12-18)8-7-16-2-1-13-22-16/h1-6,13H,7-12H2. The summed E-state index contributed by atoms with van der Waals surface area (Å²) in [7, 11) is 0. The Morgan fingerprint density at radius 2 is 1.82 bits per heavy atom. The molecule has 6 heteroatoms. The third-order valence-electron chi connectivity index (χ3n) is 4.05. The summed E-state index contributed by atoms with van der Waals surface area (Å²) in [4.78, 5) is 15.0. The lowest BCUT2D eigenvalue weighted by atomic mass is 10.2. The van der Waals surface area contributed by atoms with E-state index in [1.807, 2.05) is 24.3 Å². The summed E-state index contributed by atoms with van der Waals surface area (Å²) < 4.78 is 5.35. The van der Waals surface area contributed by atoms with Crippen LogP contribution in [0.5, 0.6) is 0 Å². The molecule has 1 saturated heterocycles. The molecule has 1 aliphatic heterocycles. The Bertz CT molecular complexity index is 602. The van der Waals surface area contributed by atoms with Crippen molar-refractivity contribution in [1.29, 1.82) is 0 Å². The molecule has 0 atom stereocenters. The first-order valence-electron chi connectivity index (χ1n) is 7.46. The monoisotopic (exact) mass is 301 g/mol. The molecule has 1 aromatic heterocycles. The lowest BCUT2D eigenvalue weighted by Crippen LogP contribution is -2.46. The molecule has 0 unspecified atom stereocenters. The number of benzene rings is 1. The van der Waals surface area contributed by atoms with Crippen LogP contribution in [0, 0.1) is 10.1 Å². The van der Waals surface area contributed by atoms with Gasteiger partial charge in [0.25, 0.3) is 5.69 Å². The second-order valence-corrected chi connectivity index (χ2v) is 5.43. The minimum atomic E-state index is -0.365. The highest BCUT2D eigenvalue weighted by Gasteiger charge is 2.17. The number of hydrogen-bond acceptors (Lipinski definition) is 5. The number of non-ortho nitro benzene ring substituents is 1. The molecule has 0 radical (unpaired) electrons. The van der Waals surface area contributed by atoms with Gasteiger partial charge in [0, 0.05) is 57.0 Å². The fourth-order valence-corrected chi connectivity index (χ4v) is 2.74. The maximum Gasteiger partial charge on any atom is 0.269 e. The molecule has 3 rings (SSSR count). The Labute approximate surface area is 129 Å². The maximum absolute atomic E-state index is 10.7. The van der Waals surface area contributed by atoms with Crippen molar-refractivity contribution in [3.63, 3.8) is 0 Å². The van der Waals surface area contributed by atoms with E-state index >= 15 is 0 Å². The SMILES string of the molecule is O=[N+]([O-])c1ccc(N2CCN(CCc3ccco3)CC2)cc1. The average Bonchev–Trinajstić information content (AvgIpc) is 3.07. The Hall–Kier alpha value is -2.34. The fourth-order valence-electron chi connectivity index (χ4n) is 2.74. The number of furan rings is 1. The van der Waals surface area contributed by atoms with Crippen LogP contribution in [-0.2, 0) is 6.42 Å². The number of hydrogen-bond donors (Lipinski definition) is 0. The van der Waals surface area contributed by atoms with Crippen LogP contribution < -0.4 is 4.90 Å². The first-order valence-corrected chi connectivity index (χ1v) is 7.46. The van der Waals surface area contributed by atoms with Gasteiger partial charge in [-0.25, -0.2) is 0 Å². The third kappa shape index (κ3) is 3.46. The summed E-state index contributed by atoms with van der Waals surface area (Å²) in [5.74, 6) is 1.03. The van der Waals surface area contributed by atoms with Crippen LogP contribution in [0.25, 0.3) is 0 Å². The van der Waals surface area contributed by atoms with Crippen molar-refractivity contribution in [2.75, 3.05) is 37.6 Å². The molecule has 1 aromatic carbocycles. The van der Waals surface area contributed by atoms with Crippen LogP contribution in [0.3, 0.4) is 0 Å². The Kier molecular flexibility index (Phi) is 4.39. The van der Waals surface area contributed by atoms with Crippen LogP contribution in [0.4, 0.5) is 11.4 Å². The van der Waals surface area contributed by atoms with E-state index in [0.29, 0.717) is 0 Å². The molecule has 1 fully saturated rings. The lowest BCUT2D eigenvalue weighted by molar-refractivity contribution is -0.384. The molecular formula is C16H19N3O3. The smallest absolute Gasteiger partial charge is 0.269 e. The van der Waals surface area contributed by atoms with Gasteiger partial charge in [0.15, 0.2) is 0 Å². The molecule has 0 N–H and O–H groups in total. The van der Waals surface area contributed by atoms with E-state index in [1.165, 1.54) is 0 Å². The quantitative estimate of drug-likeness (QED) is 0.627. The van der Waals surface area contributed by atoms with Gasteiger partial charge in [0.1, 0.15) is 5.76 Å². The molecule has 1 aliphatic rings. The molecule has 0 aliphatic carbocycles. The topological polar surface area (TPSA) is 62.8 Å². The normalized spacial score (nSPS) is 15.9. The van der Waals surface area contributed by atoms with E-state index in [2.05, 4.69) is 9.80 Å². The summed E-state index contributed by atoms with van der Waals surface area (Å²) in [6.07, 6.45) is 2.65. The number of nitro groups is 1.